The van der Waals surface area contributed by atoms with E-state index < -0.39 is 6.10 Å². The summed E-state index contributed by atoms with van der Waals surface area (Å²) in [6.07, 6.45) is 0.171. The molecule has 1 amide bonds. The van der Waals surface area contributed by atoms with Gasteiger partial charge in [0.15, 0.2) is 6.10 Å². The third kappa shape index (κ3) is 2.30. The summed E-state index contributed by atoms with van der Waals surface area (Å²) in [7, 11) is 0. The van der Waals surface area contributed by atoms with Crippen molar-refractivity contribution in [1.29, 1.82) is 0 Å². The third-order valence-corrected chi connectivity index (χ3v) is 2.66. The van der Waals surface area contributed by atoms with Crippen molar-refractivity contribution >= 4 is 17.5 Å². The molecule has 1 unspecified atom stereocenters. The van der Waals surface area contributed by atoms with Crippen LogP contribution < -0.4 is 10.1 Å². The number of nitrogens with one attached hydrogen (secondary N) is 1. The summed E-state index contributed by atoms with van der Waals surface area (Å²) in [5.74, 6) is 0.690. The number of rotatable bonds is 2. The van der Waals surface area contributed by atoms with Crippen LogP contribution in [0.1, 0.15) is 19.4 Å². The minimum Gasteiger partial charge on any atom is -0.480 e. The van der Waals surface area contributed by atoms with Gasteiger partial charge in [0, 0.05) is 17.5 Å². The molecule has 86 valence electrons. The highest BCUT2D eigenvalue weighted by molar-refractivity contribution is 6.30. The number of halogens is 1. The SMILES string of the molecule is CC(C)NC(=O)C1Cc2cc(Cl)ccc2O1. The molecule has 0 fully saturated rings. The van der Waals surface area contributed by atoms with Gasteiger partial charge < -0.3 is 10.1 Å². The minimum absolute atomic E-state index is 0.0673. The highest BCUT2D eigenvalue weighted by atomic mass is 35.5. The van der Waals surface area contributed by atoms with Crippen molar-refractivity contribution in [3.8, 4) is 5.75 Å². The number of fused-ring (bicyclic) bond motifs is 1. The Kier molecular flexibility index (Phi) is 3.06. The van der Waals surface area contributed by atoms with Gasteiger partial charge >= 0.3 is 0 Å². The maximum absolute atomic E-state index is 11.7. The molecule has 0 saturated heterocycles. The van der Waals surface area contributed by atoms with Crippen LogP contribution >= 0.6 is 11.6 Å². The fourth-order valence-corrected chi connectivity index (χ4v) is 1.94. The minimum atomic E-state index is -0.420. The number of benzene rings is 1. The molecule has 1 aliphatic heterocycles. The van der Waals surface area contributed by atoms with Crippen LogP contribution in [0.15, 0.2) is 18.2 Å². The molecule has 1 aromatic carbocycles. The second kappa shape index (κ2) is 4.34. The Morgan fingerprint density at radius 3 is 3.00 bits per heavy atom. The predicted octanol–water partition coefficient (Wildman–Crippen LogP) is 2.17. The Morgan fingerprint density at radius 2 is 2.31 bits per heavy atom. The zero-order chi connectivity index (χ0) is 11.7. The van der Waals surface area contributed by atoms with E-state index in [1.807, 2.05) is 19.9 Å². The number of hydrogen-bond acceptors (Lipinski definition) is 2. The van der Waals surface area contributed by atoms with Crippen molar-refractivity contribution in [2.75, 3.05) is 0 Å². The van der Waals surface area contributed by atoms with E-state index >= 15 is 0 Å². The molecule has 1 atom stereocenters. The molecule has 0 aromatic heterocycles. The summed E-state index contributed by atoms with van der Waals surface area (Å²) in [6.45, 7) is 3.85. The van der Waals surface area contributed by atoms with Gasteiger partial charge in [0.25, 0.3) is 5.91 Å². The zero-order valence-corrected chi connectivity index (χ0v) is 10.0. The van der Waals surface area contributed by atoms with Crippen LogP contribution in [0.3, 0.4) is 0 Å². The van der Waals surface area contributed by atoms with Gasteiger partial charge in [0.05, 0.1) is 0 Å². The lowest BCUT2D eigenvalue weighted by atomic mass is 10.1. The number of carbonyl (C=O) groups is 1. The van der Waals surface area contributed by atoms with Gasteiger partial charge in [-0.2, -0.15) is 0 Å². The second-order valence-corrected chi connectivity index (χ2v) is 4.66. The second-order valence-electron chi connectivity index (χ2n) is 4.23. The molecular formula is C12H14ClNO2. The molecule has 3 nitrogen and oxygen atoms in total. The number of ether oxygens (including phenoxy) is 1. The normalized spacial score (nSPS) is 18.1. The first-order valence-electron chi connectivity index (χ1n) is 5.31. The van der Waals surface area contributed by atoms with Crippen molar-refractivity contribution < 1.29 is 9.53 Å². The molecule has 2 rings (SSSR count). The molecule has 1 N–H and O–H groups in total. The summed E-state index contributed by atoms with van der Waals surface area (Å²) < 4.78 is 5.55. The molecule has 0 saturated carbocycles. The highest BCUT2D eigenvalue weighted by Gasteiger charge is 2.29. The van der Waals surface area contributed by atoms with E-state index in [0.29, 0.717) is 11.4 Å². The lowest BCUT2D eigenvalue weighted by Gasteiger charge is -2.13. The van der Waals surface area contributed by atoms with Gasteiger partial charge in [0.2, 0.25) is 0 Å². The molecule has 0 spiro atoms. The van der Waals surface area contributed by atoms with E-state index in [2.05, 4.69) is 5.32 Å². The number of amides is 1. The monoisotopic (exact) mass is 239 g/mol. The summed E-state index contributed by atoms with van der Waals surface area (Å²) in [5.41, 5.74) is 0.997. The standard InChI is InChI=1S/C12H14ClNO2/c1-7(2)14-12(15)11-6-8-5-9(13)3-4-10(8)16-11/h3-5,7,11H,6H2,1-2H3,(H,14,15). The van der Waals surface area contributed by atoms with E-state index in [4.69, 9.17) is 16.3 Å². The van der Waals surface area contributed by atoms with Gasteiger partial charge in [-0.1, -0.05) is 11.6 Å². The summed E-state index contributed by atoms with van der Waals surface area (Å²) >= 11 is 5.88. The van der Waals surface area contributed by atoms with Gasteiger partial charge in [-0.15, -0.1) is 0 Å². The maximum Gasteiger partial charge on any atom is 0.261 e. The van der Waals surface area contributed by atoms with Crippen molar-refractivity contribution in [3.05, 3.63) is 28.8 Å². The molecule has 1 aromatic rings. The van der Waals surface area contributed by atoms with Crippen LogP contribution in [-0.4, -0.2) is 18.1 Å². The molecule has 1 heterocycles. The highest BCUT2D eigenvalue weighted by Crippen LogP contribution is 2.31. The Morgan fingerprint density at radius 1 is 1.56 bits per heavy atom. The van der Waals surface area contributed by atoms with E-state index in [-0.39, 0.29) is 11.9 Å². The topological polar surface area (TPSA) is 38.3 Å². The van der Waals surface area contributed by atoms with Crippen molar-refractivity contribution in [1.82, 2.24) is 5.32 Å². The first-order valence-corrected chi connectivity index (χ1v) is 5.69. The quantitative estimate of drug-likeness (QED) is 0.859. The van der Waals surface area contributed by atoms with Crippen molar-refractivity contribution in [2.45, 2.75) is 32.4 Å². The van der Waals surface area contributed by atoms with Crippen LogP contribution in [0, 0.1) is 0 Å². The van der Waals surface area contributed by atoms with Gasteiger partial charge in [0.1, 0.15) is 5.75 Å². The van der Waals surface area contributed by atoms with Gasteiger partial charge in [-0.3, -0.25) is 4.79 Å². The molecule has 0 radical (unpaired) electrons. The van der Waals surface area contributed by atoms with Crippen molar-refractivity contribution in [2.24, 2.45) is 0 Å². The fraction of sp³-hybridized carbons (Fsp3) is 0.417. The molecular weight excluding hydrogens is 226 g/mol. The summed E-state index contributed by atoms with van der Waals surface area (Å²) in [6, 6.07) is 5.55. The summed E-state index contributed by atoms with van der Waals surface area (Å²) in [4.78, 5) is 11.7. The number of carbonyl (C=O) groups excluding carboxylic acids is 1. The molecule has 16 heavy (non-hydrogen) atoms. The predicted molar refractivity (Wildman–Crippen MR) is 62.9 cm³/mol. The molecule has 4 heteroatoms. The third-order valence-electron chi connectivity index (χ3n) is 2.42. The molecule has 1 aliphatic rings. The summed E-state index contributed by atoms with van der Waals surface area (Å²) in [5, 5.41) is 3.51. The van der Waals surface area contributed by atoms with Crippen LogP contribution in [0.25, 0.3) is 0 Å². The Hall–Kier alpha value is -1.22. The Balaban J connectivity index is 2.08. The molecule has 0 aliphatic carbocycles. The largest absolute Gasteiger partial charge is 0.480 e. The van der Waals surface area contributed by atoms with E-state index in [0.717, 1.165) is 11.3 Å². The van der Waals surface area contributed by atoms with Crippen LogP contribution in [0.4, 0.5) is 0 Å². The maximum atomic E-state index is 11.7. The fourth-order valence-electron chi connectivity index (χ4n) is 1.74. The smallest absolute Gasteiger partial charge is 0.261 e. The van der Waals surface area contributed by atoms with E-state index in [1.54, 1.807) is 12.1 Å². The van der Waals surface area contributed by atoms with Crippen LogP contribution in [0.5, 0.6) is 5.75 Å². The lowest BCUT2D eigenvalue weighted by Crippen LogP contribution is -2.40. The number of hydrogen-bond donors (Lipinski definition) is 1. The van der Waals surface area contributed by atoms with E-state index in [9.17, 15) is 4.79 Å². The average Bonchev–Trinajstić information content (AvgIpc) is 2.59. The van der Waals surface area contributed by atoms with Crippen molar-refractivity contribution in [3.63, 3.8) is 0 Å². The Labute approximate surface area is 99.7 Å². The first-order chi connectivity index (χ1) is 7.56. The van der Waals surface area contributed by atoms with Crippen LogP contribution in [-0.2, 0) is 11.2 Å². The van der Waals surface area contributed by atoms with Gasteiger partial charge in [-0.05, 0) is 37.6 Å². The Bertz CT molecular complexity index is 417. The average molecular weight is 240 g/mol. The van der Waals surface area contributed by atoms with E-state index in [1.165, 1.54) is 0 Å². The van der Waals surface area contributed by atoms with Gasteiger partial charge in [-0.25, -0.2) is 0 Å². The first kappa shape index (κ1) is 11.3. The molecule has 0 bridgehead atoms. The zero-order valence-electron chi connectivity index (χ0n) is 9.29. The lowest BCUT2D eigenvalue weighted by molar-refractivity contribution is -0.127. The van der Waals surface area contributed by atoms with Crippen LogP contribution in [0.2, 0.25) is 5.02 Å².